The zero-order valence-electron chi connectivity index (χ0n) is 23.4. The summed E-state index contributed by atoms with van der Waals surface area (Å²) >= 11 is 0. The second-order valence-electron chi connectivity index (χ2n) is 11.1. The van der Waals surface area contributed by atoms with Gasteiger partial charge < -0.3 is 4.74 Å². The molecule has 2 aliphatic carbocycles. The maximum absolute atomic E-state index is 13.6. The summed E-state index contributed by atoms with van der Waals surface area (Å²) in [5.41, 5.74) is 2.99. The topological polar surface area (TPSA) is 105 Å². The Morgan fingerprint density at radius 2 is 1.85 bits per heavy atom. The molecule has 2 amide bonds. The SMILES string of the molecule is CCCCC1=NC2(CCCC2)C(=O)N1Cc1ccc(-c2ccccc2C(=O)NS(=O)(=O)C2CC2)c(COCC)c1. The molecule has 3 aliphatic rings. The van der Waals surface area contributed by atoms with Crippen molar-refractivity contribution in [2.24, 2.45) is 4.99 Å². The van der Waals surface area contributed by atoms with E-state index >= 15 is 0 Å². The minimum absolute atomic E-state index is 0.116. The third-order valence-corrected chi connectivity index (χ3v) is 9.93. The van der Waals surface area contributed by atoms with Crippen molar-refractivity contribution in [1.29, 1.82) is 0 Å². The predicted molar refractivity (Wildman–Crippen MR) is 155 cm³/mol. The minimum atomic E-state index is -3.68. The predicted octanol–water partition coefficient (Wildman–Crippen LogP) is 5.36. The highest BCUT2D eigenvalue weighted by atomic mass is 32.2. The van der Waals surface area contributed by atoms with Gasteiger partial charge in [0.15, 0.2) is 0 Å². The van der Waals surface area contributed by atoms with Gasteiger partial charge in [-0.15, -0.1) is 0 Å². The van der Waals surface area contributed by atoms with Crippen LogP contribution in [0.5, 0.6) is 0 Å². The number of nitrogens with one attached hydrogen (secondary N) is 1. The van der Waals surface area contributed by atoms with E-state index in [-0.39, 0.29) is 5.91 Å². The van der Waals surface area contributed by atoms with Gasteiger partial charge in [-0.2, -0.15) is 0 Å². The number of nitrogens with zero attached hydrogens (tertiary/aromatic N) is 2. The van der Waals surface area contributed by atoms with Gasteiger partial charge in [-0.25, -0.2) is 13.1 Å². The molecule has 9 heteroatoms. The average molecular weight is 566 g/mol. The standard InChI is InChI=1S/C31H39N3O5S/c1-3-5-12-28-32-31(17-8-9-18-31)30(36)34(28)20-22-13-16-25(23(19-22)21-39-4-2)26-10-6-7-11-27(26)29(35)33-40(37,38)24-14-15-24/h6-7,10-11,13,16,19,24H,3-5,8-9,12,14-15,17-18,20-21H2,1-2H3,(H,33,35). The van der Waals surface area contributed by atoms with E-state index in [0.29, 0.717) is 43.7 Å². The second-order valence-corrected chi connectivity index (χ2v) is 13.1. The fourth-order valence-corrected chi connectivity index (χ4v) is 7.07. The molecule has 0 unspecified atom stereocenters. The molecule has 5 rings (SSSR count). The molecule has 0 bridgehead atoms. The summed E-state index contributed by atoms with van der Waals surface area (Å²) in [5.74, 6) is 0.378. The van der Waals surface area contributed by atoms with Crippen LogP contribution in [0.1, 0.15) is 93.1 Å². The van der Waals surface area contributed by atoms with E-state index in [1.54, 1.807) is 12.1 Å². The molecular weight excluding hydrogens is 526 g/mol. The number of unbranched alkanes of at least 4 members (excludes halogenated alkanes) is 1. The molecule has 0 saturated heterocycles. The highest BCUT2D eigenvalue weighted by molar-refractivity contribution is 7.91. The van der Waals surface area contributed by atoms with Crippen molar-refractivity contribution < 1.29 is 22.7 Å². The summed E-state index contributed by atoms with van der Waals surface area (Å²) in [6, 6.07) is 13.0. The van der Waals surface area contributed by atoms with E-state index < -0.39 is 26.7 Å². The Hall–Kier alpha value is -3.04. The number of rotatable bonds is 12. The lowest BCUT2D eigenvalue weighted by molar-refractivity contribution is -0.131. The molecule has 1 N–H and O–H groups in total. The summed E-state index contributed by atoms with van der Waals surface area (Å²) in [7, 11) is -3.68. The molecule has 2 aromatic rings. The zero-order valence-corrected chi connectivity index (χ0v) is 24.3. The van der Waals surface area contributed by atoms with Crippen LogP contribution >= 0.6 is 0 Å². The number of aliphatic imine (C=N–C) groups is 1. The Balaban J connectivity index is 1.45. The lowest BCUT2D eigenvalue weighted by Crippen LogP contribution is -2.40. The average Bonchev–Trinajstić information content (AvgIpc) is 3.67. The van der Waals surface area contributed by atoms with Crippen molar-refractivity contribution in [3.8, 4) is 11.1 Å². The molecule has 0 atom stereocenters. The van der Waals surface area contributed by atoms with Crippen LogP contribution < -0.4 is 4.72 Å². The Morgan fingerprint density at radius 1 is 1.10 bits per heavy atom. The van der Waals surface area contributed by atoms with E-state index in [2.05, 4.69) is 11.6 Å². The number of benzene rings is 2. The first-order valence-electron chi connectivity index (χ1n) is 14.5. The number of carbonyl (C=O) groups excluding carboxylic acids is 2. The molecule has 2 saturated carbocycles. The van der Waals surface area contributed by atoms with Crippen LogP contribution in [-0.4, -0.2) is 48.4 Å². The first kappa shape index (κ1) is 28.5. The maximum atomic E-state index is 13.6. The van der Waals surface area contributed by atoms with Crippen molar-refractivity contribution in [3.63, 3.8) is 0 Å². The van der Waals surface area contributed by atoms with Gasteiger partial charge in [-0.3, -0.25) is 19.5 Å². The third kappa shape index (κ3) is 5.86. The molecular formula is C31H39N3O5S. The van der Waals surface area contributed by atoms with Gasteiger partial charge in [0.2, 0.25) is 10.0 Å². The number of ether oxygens (including phenoxy) is 1. The Labute approximate surface area is 237 Å². The van der Waals surface area contributed by atoms with Gasteiger partial charge >= 0.3 is 0 Å². The van der Waals surface area contributed by atoms with Crippen LogP contribution in [0.3, 0.4) is 0 Å². The number of hydrogen-bond acceptors (Lipinski definition) is 6. The lowest BCUT2D eigenvalue weighted by Gasteiger charge is -2.23. The number of carbonyl (C=O) groups is 2. The molecule has 40 heavy (non-hydrogen) atoms. The highest BCUT2D eigenvalue weighted by Gasteiger charge is 2.49. The largest absolute Gasteiger partial charge is 0.377 e. The Bertz CT molecular complexity index is 1410. The minimum Gasteiger partial charge on any atom is -0.377 e. The first-order chi connectivity index (χ1) is 19.3. The summed E-state index contributed by atoms with van der Waals surface area (Å²) in [6.45, 7) is 5.35. The molecule has 1 spiro atoms. The summed E-state index contributed by atoms with van der Waals surface area (Å²) < 4.78 is 33.0. The number of amidine groups is 1. The Kier molecular flexibility index (Phi) is 8.42. The molecule has 214 valence electrons. The van der Waals surface area contributed by atoms with Crippen LogP contribution in [0.4, 0.5) is 0 Å². The van der Waals surface area contributed by atoms with Gasteiger partial charge in [0, 0.05) is 18.6 Å². The fourth-order valence-electron chi connectivity index (χ4n) is 5.78. The van der Waals surface area contributed by atoms with Gasteiger partial charge in [0.25, 0.3) is 11.8 Å². The molecule has 2 fully saturated rings. The van der Waals surface area contributed by atoms with Crippen LogP contribution in [0.2, 0.25) is 0 Å². The summed E-state index contributed by atoms with van der Waals surface area (Å²) in [4.78, 5) is 33.6. The van der Waals surface area contributed by atoms with E-state index in [1.807, 2.05) is 42.2 Å². The second kappa shape index (κ2) is 11.8. The van der Waals surface area contributed by atoms with Gasteiger partial charge in [-0.05, 0) is 67.3 Å². The van der Waals surface area contributed by atoms with E-state index in [1.165, 1.54) is 0 Å². The fraction of sp³-hybridized carbons (Fsp3) is 0.516. The van der Waals surface area contributed by atoms with E-state index in [0.717, 1.165) is 67.5 Å². The quantitative estimate of drug-likeness (QED) is 0.373. The van der Waals surface area contributed by atoms with Crippen LogP contribution in [0.15, 0.2) is 47.5 Å². The van der Waals surface area contributed by atoms with Crippen molar-refractivity contribution in [1.82, 2.24) is 9.62 Å². The number of amides is 2. The van der Waals surface area contributed by atoms with Crippen LogP contribution in [0, 0.1) is 0 Å². The third-order valence-electron chi connectivity index (χ3n) is 8.11. The van der Waals surface area contributed by atoms with E-state index in [9.17, 15) is 18.0 Å². The van der Waals surface area contributed by atoms with E-state index in [4.69, 9.17) is 9.73 Å². The van der Waals surface area contributed by atoms with Crippen molar-refractivity contribution in [3.05, 3.63) is 59.2 Å². The van der Waals surface area contributed by atoms with Crippen LogP contribution in [-0.2, 0) is 32.7 Å². The first-order valence-corrected chi connectivity index (χ1v) is 16.1. The van der Waals surface area contributed by atoms with Gasteiger partial charge in [0.1, 0.15) is 11.4 Å². The summed E-state index contributed by atoms with van der Waals surface area (Å²) in [5, 5.41) is -0.487. The highest BCUT2D eigenvalue weighted by Crippen LogP contribution is 2.40. The smallest absolute Gasteiger partial charge is 0.265 e. The number of sulfonamides is 1. The van der Waals surface area contributed by atoms with Crippen molar-refractivity contribution >= 4 is 27.7 Å². The monoisotopic (exact) mass is 565 g/mol. The van der Waals surface area contributed by atoms with Crippen LogP contribution in [0.25, 0.3) is 11.1 Å². The maximum Gasteiger partial charge on any atom is 0.265 e. The lowest BCUT2D eigenvalue weighted by atomic mass is 9.93. The molecule has 1 heterocycles. The zero-order chi connectivity index (χ0) is 28.3. The van der Waals surface area contributed by atoms with Crippen molar-refractivity contribution in [2.45, 2.75) is 95.6 Å². The molecule has 8 nitrogen and oxygen atoms in total. The summed E-state index contributed by atoms with van der Waals surface area (Å²) in [6.07, 6.45) is 7.69. The van der Waals surface area contributed by atoms with Gasteiger partial charge in [-0.1, -0.05) is 62.6 Å². The number of hydrogen-bond donors (Lipinski definition) is 1. The molecule has 2 aromatic carbocycles. The normalized spacial score (nSPS) is 18.4. The molecule has 1 aliphatic heterocycles. The van der Waals surface area contributed by atoms with Gasteiger partial charge in [0.05, 0.1) is 18.4 Å². The molecule has 0 aromatic heterocycles. The Morgan fingerprint density at radius 3 is 2.55 bits per heavy atom. The van der Waals surface area contributed by atoms with Crippen molar-refractivity contribution in [2.75, 3.05) is 6.61 Å². The molecule has 0 radical (unpaired) electrons.